The lowest BCUT2D eigenvalue weighted by molar-refractivity contribution is 0.0667. The number of aliphatic imine (C=N–C) groups is 1. The van der Waals surface area contributed by atoms with Gasteiger partial charge in [0, 0.05) is 32.9 Å². The molecule has 0 bridgehead atoms. The summed E-state index contributed by atoms with van der Waals surface area (Å²) in [6.45, 7) is 3.15. The number of carbonyl (C=O) groups is 2. The van der Waals surface area contributed by atoms with Gasteiger partial charge in [-0.05, 0) is 54.5 Å². The van der Waals surface area contributed by atoms with E-state index >= 15 is 0 Å². The minimum Gasteiger partial charge on any atom is -0.382 e. The molecule has 0 radical (unpaired) electrons. The molecular formula is C23H26IN11O3. The third-order valence-electron chi connectivity index (χ3n) is 6.96. The van der Waals surface area contributed by atoms with Crippen LogP contribution >= 0.6 is 22.6 Å². The molecule has 0 saturated carbocycles. The molecule has 2 aliphatic rings. The van der Waals surface area contributed by atoms with Crippen LogP contribution in [-0.4, -0.2) is 72.2 Å². The number of pyridine rings is 1. The van der Waals surface area contributed by atoms with Gasteiger partial charge in [-0.3, -0.25) is 24.0 Å². The largest absolute Gasteiger partial charge is 0.382 e. The molecule has 2 aliphatic heterocycles. The van der Waals surface area contributed by atoms with Gasteiger partial charge in [-0.15, -0.1) is 0 Å². The number of nitrogens with one attached hydrogen (secondary N) is 2. The number of piperidine rings is 1. The quantitative estimate of drug-likeness (QED) is 0.282. The molecule has 5 rings (SSSR count). The Labute approximate surface area is 230 Å². The number of anilines is 2. The summed E-state index contributed by atoms with van der Waals surface area (Å²) in [5, 5.41) is 6.42. The summed E-state index contributed by atoms with van der Waals surface area (Å²) in [6.07, 6.45) is 4.41. The number of nitrogen functional groups attached to an aromatic ring is 2. The second-order valence-corrected chi connectivity index (χ2v) is 10.3. The maximum Gasteiger partial charge on any atom is 0.302 e. The third-order valence-corrected chi connectivity index (χ3v) is 7.76. The van der Waals surface area contributed by atoms with Crippen molar-refractivity contribution in [2.45, 2.75) is 25.3 Å². The molecule has 0 unspecified atom stereocenters. The normalized spacial score (nSPS) is 17.4. The molecule has 0 aliphatic carbocycles. The van der Waals surface area contributed by atoms with Crippen LogP contribution in [0, 0.1) is 10.6 Å². The molecule has 198 valence electrons. The van der Waals surface area contributed by atoms with Gasteiger partial charge in [0.15, 0.2) is 23.3 Å². The second-order valence-electron chi connectivity index (χ2n) is 9.26. The number of aromatic nitrogens is 5. The van der Waals surface area contributed by atoms with E-state index in [2.05, 4.69) is 30.6 Å². The first-order valence-electron chi connectivity index (χ1n) is 11.8. The molecule has 15 heteroatoms. The topological polar surface area (TPSA) is 191 Å². The summed E-state index contributed by atoms with van der Waals surface area (Å²) in [5.41, 5.74) is 12.0. The van der Waals surface area contributed by atoms with E-state index in [1.165, 1.54) is 4.68 Å². The molecule has 1 spiro atoms. The summed E-state index contributed by atoms with van der Waals surface area (Å²) in [6, 6.07) is 3.51. The molecule has 3 aromatic heterocycles. The Bertz CT molecular complexity index is 1520. The molecule has 3 aromatic rings. The Morgan fingerprint density at radius 1 is 1.18 bits per heavy atom. The van der Waals surface area contributed by atoms with E-state index < -0.39 is 5.91 Å². The summed E-state index contributed by atoms with van der Waals surface area (Å²) in [5.74, 6) is -0.581. The van der Waals surface area contributed by atoms with Crippen LogP contribution in [0.4, 0.5) is 11.6 Å². The molecule has 2 saturated heterocycles. The van der Waals surface area contributed by atoms with Crippen LogP contribution in [0.1, 0.15) is 39.4 Å². The van der Waals surface area contributed by atoms with Crippen molar-refractivity contribution >= 4 is 52.0 Å². The van der Waals surface area contributed by atoms with E-state index in [0.29, 0.717) is 53.5 Å². The molecule has 2 amide bonds. The number of carbonyl (C=O) groups excluding carboxylic acids is 2. The van der Waals surface area contributed by atoms with E-state index in [1.807, 2.05) is 22.6 Å². The number of guanidine groups is 1. The Morgan fingerprint density at radius 3 is 2.61 bits per heavy atom. The van der Waals surface area contributed by atoms with Crippen molar-refractivity contribution in [1.82, 2.24) is 39.8 Å². The fourth-order valence-corrected chi connectivity index (χ4v) is 5.10. The minimum atomic E-state index is -0.642. The standard InChI is InChI=1S/C23H26IN11O3/c1-12-14(21(38)35(33(12)2)13-4-3-7-27-10-13)20(37)34-8-5-23(6-9-34)11-28-22(32-23)31-19(36)15-17(25)30-18(26)16(24)29-15/h3-4,7,10H,5-6,8-9,11H2,1-2H3,(H4,25,26,30)(H2,28,31,32,36). The lowest BCUT2D eigenvalue weighted by Gasteiger charge is -2.38. The van der Waals surface area contributed by atoms with Gasteiger partial charge in [0.25, 0.3) is 11.5 Å². The van der Waals surface area contributed by atoms with Gasteiger partial charge in [0.1, 0.15) is 9.26 Å². The molecule has 38 heavy (non-hydrogen) atoms. The molecule has 0 aromatic carbocycles. The van der Waals surface area contributed by atoms with Gasteiger partial charge in [0.2, 0.25) is 0 Å². The molecule has 14 nitrogen and oxygen atoms in total. The van der Waals surface area contributed by atoms with Crippen molar-refractivity contribution in [3.05, 3.63) is 55.5 Å². The van der Waals surface area contributed by atoms with Crippen molar-refractivity contribution in [2.24, 2.45) is 12.0 Å². The van der Waals surface area contributed by atoms with E-state index in [9.17, 15) is 14.4 Å². The van der Waals surface area contributed by atoms with Crippen molar-refractivity contribution in [1.29, 1.82) is 0 Å². The van der Waals surface area contributed by atoms with Crippen molar-refractivity contribution in [3.63, 3.8) is 0 Å². The highest BCUT2D eigenvalue weighted by molar-refractivity contribution is 14.1. The number of rotatable bonds is 3. The Hall–Kier alpha value is -4.02. The fraction of sp³-hybridized carbons (Fsp3) is 0.348. The number of hydrogen-bond donors (Lipinski definition) is 4. The maximum absolute atomic E-state index is 13.4. The predicted octanol–water partition coefficient (Wildman–Crippen LogP) is -0.198. The van der Waals surface area contributed by atoms with E-state index in [1.54, 1.807) is 48.1 Å². The highest BCUT2D eigenvalue weighted by Gasteiger charge is 2.41. The van der Waals surface area contributed by atoms with E-state index in [-0.39, 0.29) is 39.9 Å². The number of halogens is 1. The van der Waals surface area contributed by atoms with Crippen LogP contribution in [0.5, 0.6) is 0 Å². The van der Waals surface area contributed by atoms with E-state index in [0.717, 1.165) is 0 Å². The lowest BCUT2D eigenvalue weighted by Crippen LogP contribution is -2.54. The molecule has 5 heterocycles. The van der Waals surface area contributed by atoms with Gasteiger partial charge in [-0.2, -0.15) is 4.99 Å². The number of nitrogens with two attached hydrogens (primary N) is 2. The average Bonchev–Trinajstić information content (AvgIpc) is 3.38. The average molecular weight is 631 g/mol. The first-order chi connectivity index (χ1) is 18.1. The number of amides is 2. The summed E-state index contributed by atoms with van der Waals surface area (Å²) in [4.78, 5) is 57.2. The molecule has 6 N–H and O–H groups in total. The third kappa shape index (κ3) is 4.46. The van der Waals surface area contributed by atoms with Crippen molar-refractivity contribution in [2.75, 3.05) is 31.1 Å². The Morgan fingerprint density at radius 2 is 1.92 bits per heavy atom. The first kappa shape index (κ1) is 25.6. The van der Waals surface area contributed by atoms with Crippen LogP contribution in [0.2, 0.25) is 0 Å². The van der Waals surface area contributed by atoms with Gasteiger partial charge < -0.3 is 27.0 Å². The van der Waals surface area contributed by atoms with Crippen molar-refractivity contribution in [3.8, 4) is 5.69 Å². The Kier molecular flexibility index (Phi) is 6.54. The van der Waals surface area contributed by atoms with E-state index in [4.69, 9.17) is 11.5 Å². The molecular weight excluding hydrogens is 605 g/mol. The van der Waals surface area contributed by atoms with Gasteiger partial charge in [0.05, 0.1) is 23.1 Å². The smallest absolute Gasteiger partial charge is 0.302 e. The zero-order valence-electron chi connectivity index (χ0n) is 20.7. The van der Waals surface area contributed by atoms with Crippen LogP contribution < -0.4 is 27.7 Å². The highest BCUT2D eigenvalue weighted by Crippen LogP contribution is 2.26. The molecule has 0 atom stereocenters. The van der Waals surface area contributed by atoms with Crippen LogP contribution in [-0.2, 0) is 7.05 Å². The zero-order chi connectivity index (χ0) is 27.2. The molecule has 2 fully saturated rings. The fourth-order valence-electron chi connectivity index (χ4n) is 4.74. The minimum absolute atomic E-state index is 0.0729. The lowest BCUT2D eigenvalue weighted by atomic mass is 9.88. The highest BCUT2D eigenvalue weighted by atomic mass is 127. The number of hydrogen-bond acceptors (Lipinski definition) is 8. The van der Waals surface area contributed by atoms with Gasteiger partial charge in [-0.1, -0.05) is 0 Å². The zero-order valence-corrected chi connectivity index (χ0v) is 22.9. The monoisotopic (exact) mass is 631 g/mol. The van der Waals surface area contributed by atoms with Crippen molar-refractivity contribution < 1.29 is 9.59 Å². The van der Waals surface area contributed by atoms with Crippen LogP contribution in [0.15, 0.2) is 34.3 Å². The van der Waals surface area contributed by atoms with Gasteiger partial charge in [-0.25, -0.2) is 14.6 Å². The summed E-state index contributed by atoms with van der Waals surface area (Å²) < 4.78 is 3.48. The van der Waals surface area contributed by atoms with Gasteiger partial charge >= 0.3 is 5.91 Å². The second kappa shape index (κ2) is 9.70. The predicted molar refractivity (Wildman–Crippen MR) is 148 cm³/mol. The van der Waals surface area contributed by atoms with Crippen LogP contribution in [0.25, 0.3) is 5.69 Å². The number of nitrogens with zero attached hydrogens (tertiary/aromatic N) is 7. The first-order valence-corrected chi connectivity index (χ1v) is 12.9. The summed E-state index contributed by atoms with van der Waals surface area (Å²) >= 11 is 1.87. The van der Waals surface area contributed by atoms with Crippen LogP contribution in [0.3, 0.4) is 0 Å². The maximum atomic E-state index is 13.4. The Balaban J connectivity index is 1.28. The number of likely N-dealkylation sites (tertiary alicyclic amines) is 1. The SMILES string of the molecule is Cc1c(C(=O)N2CCC3(CC2)CN/C(=N\C(=O)c2nc(I)c(N)nc2N)N3)c(=O)n(-c2cccnc2)n1C. The summed E-state index contributed by atoms with van der Waals surface area (Å²) in [7, 11) is 1.74.